The van der Waals surface area contributed by atoms with Gasteiger partial charge in [0, 0.05) is 18.3 Å². The van der Waals surface area contributed by atoms with Crippen LogP contribution in [-0.4, -0.2) is 34.0 Å². The number of allylic oxidation sites excluding steroid dienone is 2. The zero-order valence-corrected chi connectivity index (χ0v) is 15.2. The van der Waals surface area contributed by atoms with Crippen molar-refractivity contribution in [3.05, 3.63) is 23.3 Å². The van der Waals surface area contributed by atoms with E-state index in [9.17, 15) is 19.8 Å². The number of fused-ring (bicyclic) bond motifs is 5. The second kappa shape index (κ2) is 5.37. The summed E-state index contributed by atoms with van der Waals surface area (Å²) in [4.78, 5) is 24.2. The lowest BCUT2D eigenvalue weighted by Gasteiger charge is -2.57. The zero-order chi connectivity index (χ0) is 18.0. The molecule has 25 heavy (non-hydrogen) atoms. The first-order chi connectivity index (χ1) is 11.8. The molecule has 0 aliphatic heterocycles. The third-order valence-corrected chi connectivity index (χ3v) is 8.12. The Labute approximate surface area is 149 Å². The minimum absolute atomic E-state index is 0.0701. The van der Waals surface area contributed by atoms with Gasteiger partial charge in [0.1, 0.15) is 12.2 Å². The van der Waals surface area contributed by atoms with E-state index in [-0.39, 0.29) is 11.2 Å². The number of ketones is 2. The predicted octanol–water partition coefficient (Wildman–Crippen LogP) is 2.73. The van der Waals surface area contributed by atoms with E-state index in [0.29, 0.717) is 24.7 Å². The molecular formula is C21H28O4. The van der Waals surface area contributed by atoms with Gasteiger partial charge in [0.05, 0.1) is 0 Å². The zero-order valence-electron chi connectivity index (χ0n) is 15.2. The molecule has 136 valence electrons. The van der Waals surface area contributed by atoms with Crippen molar-refractivity contribution < 1.29 is 19.8 Å². The summed E-state index contributed by atoms with van der Waals surface area (Å²) in [5.74, 6) is 0.654. The lowest BCUT2D eigenvalue weighted by molar-refractivity contribution is -0.153. The highest BCUT2D eigenvalue weighted by atomic mass is 16.3. The second-order valence-corrected chi connectivity index (χ2v) is 8.98. The van der Waals surface area contributed by atoms with E-state index in [2.05, 4.69) is 13.0 Å². The lowest BCUT2D eigenvalue weighted by atomic mass is 9.47. The number of Topliss-reactive ketones (excluding diaryl/α,β-unsaturated/α-hetero) is 1. The van der Waals surface area contributed by atoms with Crippen LogP contribution in [0.15, 0.2) is 23.3 Å². The van der Waals surface area contributed by atoms with Crippen molar-refractivity contribution in [1.29, 1.82) is 0 Å². The molecule has 2 N–H and O–H groups in total. The molecule has 4 nitrogen and oxygen atoms in total. The first-order valence-corrected chi connectivity index (χ1v) is 9.57. The molecule has 0 aromatic heterocycles. The van der Waals surface area contributed by atoms with E-state index in [0.717, 1.165) is 32.1 Å². The molecule has 0 radical (unpaired) electrons. The summed E-state index contributed by atoms with van der Waals surface area (Å²) >= 11 is 0. The minimum atomic E-state index is -1.46. The number of hydrogen-bond donors (Lipinski definition) is 2. The number of aliphatic hydroxyl groups is 2. The molecule has 2 saturated carbocycles. The average molecular weight is 344 g/mol. The van der Waals surface area contributed by atoms with Gasteiger partial charge < -0.3 is 10.2 Å². The van der Waals surface area contributed by atoms with Crippen molar-refractivity contribution in [2.75, 3.05) is 6.61 Å². The molecule has 0 saturated heterocycles. The fourth-order valence-corrected chi connectivity index (χ4v) is 6.46. The van der Waals surface area contributed by atoms with Crippen molar-refractivity contribution in [2.24, 2.45) is 22.7 Å². The Morgan fingerprint density at radius 2 is 2.00 bits per heavy atom. The third-order valence-electron chi connectivity index (χ3n) is 8.12. The largest absolute Gasteiger partial charge is 0.388 e. The maximum atomic E-state index is 12.3. The lowest BCUT2D eigenvalue weighted by Crippen LogP contribution is -2.56. The molecule has 0 amide bonds. The van der Waals surface area contributed by atoms with Crippen molar-refractivity contribution in [1.82, 2.24) is 0 Å². The number of aliphatic hydroxyl groups excluding tert-OH is 1. The number of carbonyl (C=O) groups is 2. The maximum absolute atomic E-state index is 12.3. The van der Waals surface area contributed by atoms with Gasteiger partial charge in [-0.15, -0.1) is 0 Å². The van der Waals surface area contributed by atoms with E-state index in [1.165, 1.54) is 11.1 Å². The van der Waals surface area contributed by atoms with Gasteiger partial charge >= 0.3 is 0 Å². The van der Waals surface area contributed by atoms with Crippen LogP contribution in [0, 0.1) is 22.7 Å². The fraction of sp³-hybridized carbons (Fsp3) is 0.714. The van der Waals surface area contributed by atoms with Crippen molar-refractivity contribution in [3.63, 3.8) is 0 Å². The van der Waals surface area contributed by atoms with Crippen LogP contribution in [0.2, 0.25) is 0 Å². The fourth-order valence-electron chi connectivity index (χ4n) is 6.46. The van der Waals surface area contributed by atoms with Crippen LogP contribution in [0.4, 0.5) is 0 Å². The van der Waals surface area contributed by atoms with Gasteiger partial charge in [-0.05, 0) is 55.4 Å². The highest BCUT2D eigenvalue weighted by molar-refractivity contribution is 5.92. The quantitative estimate of drug-likeness (QED) is 0.756. The molecule has 0 aromatic rings. The van der Waals surface area contributed by atoms with E-state index in [4.69, 9.17) is 0 Å². The smallest absolute Gasteiger partial charge is 0.190 e. The molecule has 0 unspecified atom stereocenters. The third kappa shape index (κ3) is 2.07. The molecule has 4 aliphatic carbocycles. The first kappa shape index (κ1) is 17.2. The summed E-state index contributed by atoms with van der Waals surface area (Å²) in [6.45, 7) is 3.72. The van der Waals surface area contributed by atoms with E-state index in [1.807, 2.05) is 13.0 Å². The number of hydrogen-bond acceptors (Lipinski definition) is 4. The molecule has 0 heterocycles. The summed E-state index contributed by atoms with van der Waals surface area (Å²) in [5.41, 5.74) is 0.595. The SMILES string of the molecule is C[C@]12CCC(=O)C=C1CC[C@@H]1C3=CC[C@](O)(C(=O)CO)[C@@]3(C)CC[C@H]12. The van der Waals surface area contributed by atoms with Gasteiger partial charge in [0.2, 0.25) is 0 Å². The molecular weight excluding hydrogens is 316 g/mol. The molecule has 0 bridgehead atoms. The van der Waals surface area contributed by atoms with Crippen LogP contribution in [0.5, 0.6) is 0 Å². The van der Waals surface area contributed by atoms with Crippen molar-refractivity contribution in [3.8, 4) is 0 Å². The van der Waals surface area contributed by atoms with E-state index >= 15 is 0 Å². The van der Waals surface area contributed by atoms with Gasteiger partial charge in [0.25, 0.3) is 0 Å². The van der Waals surface area contributed by atoms with Crippen LogP contribution in [0.25, 0.3) is 0 Å². The van der Waals surface area contributed by atoms with Gasteiger partial charge in [0.15, 0.2) is 11.6 Å². The summed E-state index contributed by atoms with van der Waals surface area (Å²) in [6, 6.07) is 0. The van der Waals surface area contributed by atoms with Gasteiger partial charge in [-0.1, -0.05) is 31.1 Å². The van der Waals surface area contributed by atoms with Crippen molar-refractivity contribution in [2.45, 2.75) is 64.4 Å². The molecule has 0 spiro atoms. The Morgan fingerprint density at radius 1 is 1.24 bits per heavy atom. The Kier molecular flexibility index (Phi) is 3.69. The van der Waals surface area contributed by atoms with Crippen LogP contribution < -0.4 is 0 Å². The highest BCUT2D eigenvalue weighted by Gasteiger charge is 2.62. The number of carbonyl (C=O) groups excluding carboxylic acids is 2. The van der Waals surface area contributed by atoms with Crippen LogP contribution >= 0.6 is 0 Å². The van der Waals surface area contributed by atoms with Gasteiger partial charge in [-0.2, -0.15) is 0 Å². The van der Waals surface area contributed by atoms with E-state index in [1.54, 1.807) is 0 Å². The average Bonchev–Trinajstić information content (AvgIpc) is 2.87. The number of rotatable bonds is 2. The van der Waals surface area contributed by atoms with Crippen molar-refractivity contribution >= 4 is 11.6 Å². The Hall–Kier alpha value is -1.26. The summed E-state index contributed by atoms with van der Waals surface area (Å²) in [7, 11) is 0. The molecule has 4 aliphatic rings. The monoisotopic (exact) mass is 344 g/mol. The van der Waals surface area contributed by atoms with Crippen LogP contribution in [0.1, 0.15) is 58.8 Å². The van der Waals surface area contributed by atoms with Gasteiger partial charge in [-0.25, -0.2) is 0 Å². The van der Waals surface area contributed by atoms with Crippen LogP contribution in [0.3, 0.4) is 0 Å². The Balaban J connectivity index is 1.70. The van der Waals surface area contributed by atoms with Crippen LogP contribution in [-0.2, 0) is 9.59 Å². The molecule has 2 fully saturated rings. The maximum Gasteiger partial charge on any atom is 0.190 e. The summed E-state index contributed by atoms with van der Waals surface area (Å²) in [5, 5.41) is 20.5. The topological polar surface area (TPSA) is 74.6 Å². The first-order valence-electron chi connectivity index (χ1n) is 9.57. The molecule has 4 heteroatoms. The second-order valence-electron chi connectivity index (χ2n) is 8.98. The molecule has 4 rings (SSSR count). The summed E-state index contributed by atoms with van der Waals surface area (Å²) < 4.78 is 0. The Bertz CT molecular complexity index is 705. The molecule has 0 aromatic carbocycles. The highest BCUT2D eigenvalue weighted by Crippen LogP contribution is 2.65. The van der Waals surface area contributed by atoms with E-state index < -0.39 is 23.4 Å². The van der Waals surface area contributed by atoms with Gasteiger partial charge in [-0.3, -0.25) is 9.59 Å². The predicted molar refractivity (Wildman–Crippen MR) is 93.7 cm³/mol. The molecule has 5 atom stereocenters. The normalized spacial score (nSPS) is 45.8. The standard InChI is InChI=1S/C21H28O4/c1-19-8-5-14(23)11-13(19)3-4-15-16(19)6-9-20(2)17(15)7-10-21(20,25)18(24)12-22/h7,11,15-16,22,25H,3-6,8-10,12H2,1-2H3/t15-,16+,19-,20-,21-/m0/s1. The summed E-state index contributed by atoms with van der Waals surface area (Å²) in [6.07, 6.45) is 9.49. The Morgan fingerprint density at radius 3 is 2.72 bits per heavy atom. The minimum Gasteiger partial charge on any atom is -0.388 e.